The molecule has 1 heterocycles. The Hall–Kier alpha value is -1.71. The lowest BCUT2D eigenvalue weighted by atomic mass is 10.1. The molecule has 2 unspecified atom stereocenters. The molecule has 0 saturated carbocycles. The van der Waals surface area contributed by atoms with Gasteiger partial charge >= 0.3 is 5.97 Å². The Labute approximate surface area is 163 Å². The van der Waals surface area contributed by atoms with E-state index in [4.69, 9.17) is 16.3 Å². The van der Waals surface area contributed by atoms with Crippen LogP contribution in [0, 0.1) is 10.1 Å². The summed E-state index contributed by atoms with van der Waals surface area (Å²) in [5.41, 5.74) is -0.438. The molecule has 0 aliphatic carbocycles. The van der Waals surface area contributed by atoms with E-state index in [1.54, 1.807) is 0 Å². The molecule has 1 saturated heterocycles. The summed E-state index contributed by atoms with van der Waals surface area (Å²) in [7, 11) is -3.33. The fourth-order valence-corrected chi connectivity index (χ4v) is 5.31. The van der Waals surface area contributed by atoms with E-state index in [0.717, 1.165) is 18.9 Å². The number of carbonyl (C=O) groups is 1. The van der Waals surface area contributed by atoms with Crippen LogP contribution < -0.4 is 0 Å². The number of ether oxygens (including phenoxy) is 1. The quantitative estimate of drug-likeness (QED) is 0.363. The van der Waals surface area contributed by atoms with E-state index in [1.807, 2.05) is 18.7 Å². The molecule has 1 fully saturated rings. The number of nitro benzene ring substituents is 1. The predicted octanol–water partition coefficient (Wildman–Crippen LogP) is 2.69. The molecule has 0 amide bonds. The molecule has 1 aliphatic rings. The van der Waals surface area contributed by atoms with Crippen LogP contribution in [0.5, 0.6) is 0 Å². The number of esters is 1. The average molecular weight is 419 g/mol. The average Bonchev–Trinajstić information content (AvgIpc) is 2.89. The molecule has 0 N–H and O–H groups in total. The normalized spacial score (nSPS) is 21.3. The third-order valence-corrected chi connectivity index (χ3v) is 6.41. The van der Waals surface area contributed by atoms with Gasteiger partial charge in [0.25, 0.3) is 5.69 Å². The van der Waals surface area contributed by atoms with Crippen molar-refractivity contribution in [3.8, 4) is 0 Å². The van der Waals surface area contributed by atoms with Gasteiger partial charge in [-0.1, -0.05) is 25.4 Å². The first-order chi connectivity index (χ1) is 12.7. The second-order valence-electron chi connectivity index (χ2n) is 6.55. The van der Waals surface area contributed by atoms with Crippen molar-refractivity contribution in [2.45, 2.75) is 38.8 Å². The van der Waals surface area contributed by atoms with E-state index in [9.17, 15) is 23.3 Å². The number of hydrogen-bond acceptors (Lipinski definition) is 7. The van der Waals surface area contributed by atoms with Crippen LogP contribution in [0.25, 0.3) is 0 Å². The van der Waals surface area contributed by atoms with Gasteiger partial charge < -0.3 is 4.74 Å². The van der Waals surface area contributed by atoms with Crippen molar-refractivity contribution in [2.24, 2.45) is 0 Å². The van der Waals surface area contributed by atoms with Gasteiger partial charge in [-0.15, -0.1) is 0 Å². The molecular weight excluding hydrogens is 396 g/mol. The van der Waals surface area contributed by atoms with Gasteiger partial charge in [-0.2, -0.15) is 0 Å². The van der Waals surface area contributed by atoms with Crippen molar-refractivity contribution in [2.75, 3.05) is 24.6 Å². The molecule has 0 bridgehead atoms. The zero-order chi connectivity index (χ0) is 20.2. The SMILES string of the molecule is CCCN(CCC)C1CS(=O)(=O)CC1OC(=O)c1ccc(Cl)c([N+](=O)[O-])c1. The number of carbonyl (C=O) groups excluding carboxylic acids is 1. The molecule has 0 aromatic heterocycles. The summed E-state index contributed by atoms with van der Waals surface area (Å²) in [6, 6.07) is 3.20. The lowest BCUT2D eigenvalue weighted by Crippen LogP contribution is -2.45. The monoisotopic (exact) mass is 418 g/mol. The standard InChI is InChI=1S/C17H23ClN2O6S/c1-3-7-19(8-4-2)15-10-27(24,25)11-16(15)26-17(21)12-5-6-13(18)14(9-12)20(22)23/h5-6,9,15-16H,3-4,7-8,10-11H2,1-2H3. The van der Waals surface area contributed by atoms with Crippen LogP contribution in [0.15, 0.2) is 18.2 Å². The van der Waals surface area contributed by atoms with E-state index in [2.05, 4.69) is 0 Å². The van der Waals surface area contributed by atoms with E-state index < -0.39 is 38.6 Å². The maximum absolute atomic E-state index is 12.5. The molecule has 27 heavy (non-hydrogen) atoms. The van der Waals surface area contributed by atoms with Gasteiger partial charge in [0.05, 0.1) is 28.0 Å². The summed E-state index contributed by atoms with van der Waals surface area (Å²) in [5, 5.41) is 10.9. The van der Waals surface area contributed by atoms with Crippen molar-refractivity contribution in [1.82, 2.24) is 4.90 Å². The molecule has 0 spiro atoms. The maximum Gasteiger partial charge on any atom is 0.338 e. The van der Waals surface area contributed by atoms with Gasteiger partial charge in [0, 0.05) is 6.07 Å². The Balaban J connectivity index is 2.23. The van der Waals surface area contributed by atoms with Crippen LogP contribution in [-0.2, 0) is 14.6 Å². The van der Waals surface area contributed by atoms with Crippen LogP contribution in [0.2, 0.25) is 5.02 Å². The van der Waals surface area contributed by atoms with Crippen molar-refractivity contribution in [1.29, 1.82) is 0 Å². The van der Waals surface area contributed by atoms with Crippen LogP contribution in [0.3, 0.4) is 0 Å². The molecule has 1 aromatic carbocycles. The molecule has 2 atom stereocenters. The van der Waals surface area contributed by atoms with Gasteiger partial charge in [0.1, 0.15) is 11.1 Å². The summed E-state index contributed by atoms with van der Waals surface area (Å²) in [6.07, 6.45) is 0.886. The van der Waals surface area contributed by atoms with Crippen molar-refractivity contribution in [3.63, 3.8) is 0 Å². The summed E-state index contributed by atoms with van der Waals surface area (Å²) in [6.45, 7) is 5.41. The molecular formula is C17H23ClN2O6S. The van der Waals surface area contributed by atoms with Crippen molar-refractivity contribution >= 4 is 33.1 Å². The Morgan fingerprint density at radius 3 is 2.48 bits per heavy atom. The zero-order valence-electron chi connectivity index (χ0n) is 15.3. The molecule has 2 rings (SSSR count). The van der Waals surface area contributed by atoms with E-state index >= 15 is 0 Å². The van der Waals surface area contributed by atoms with Gasteiger partial charge in [0.2, 0.25) is 0 Å². The summed E-state index contributed by atoms with van der Waals surface area (Å²) >= 11 is 5.76. The molecule has 1 aromatic rings. The van der Waals surface area contributed by atoms with E-state index in [0.29, 0.717) is 13.1 Å². The number of halogens is 1. The number of hydrogen-bond donors (Lipinski definition) is 0. The second kappa shape index (κ2) is 8.99. The largest absolute Gasteiger partial charge is 0.456 e. The smallest absolute Gasteiger partial charge is 0.338 e. The van der Waals surface area contributed by atoms with E-state index in [-0.39, 0.29) is 22.1 Å². The Morgan fingerprint density at radius 2 is 1.93 bits per heavy atom. The number of sulfone groups is 1. The van der Waals surface area contributed by atoms with Crippen LogP contribution in [0.1, 0.15) is 37.0 Å². The topological polar surface area (TPSA) is 107 Å². The van der Waals surface area contributed by atoms with Crippen LogP contribution >= 0.6 is 11.6 Å². The highest BCUT2D eigenvalue weighted by atomic mass is 35.5. The second-order valence-corrected chi connectivity index (χ2v) is 9.11. The van der Waals surface area contributed by atoms with Crippen molar-refractivity contribution < 1.29 is 22.9 Å². The first kappa shape index (κ1) is 21.6. The minimum Gasteiger partial charge on any atom is -0.456 e. The first-order valence-corrected chi connectivity index (χ1v) is 11.0. The minimum atomic E-state index is -3.33. The maximum atomic E-state index is 12.5. The third kappa shape index (κ3) is 5.40. The lowest BCUT2D eigenvalue weighted by Gasteiger charge is -2.31. The molecule has 0 radical (unpaired) electrons. The highest BCUT2D eigenvalue weighted by Gasteiger charge is 2.43. The number of benzene rings is 1. The Morgan fingerprint density at radius 1 is 1.30 bits per heavy atom. The van der Waals surface area contributed by atoms with Gasteiger partial charge in [-0.05, 0) is 38.1 Å². The lowest BCUT2D eigenvalue weighted by molar-refractivity contribution is -0.384. The minimum absolute atomic E-state index is 0.0355. The number of rotatable bonds is 8. The summed E-state index contributed by atoms with van der Waals surface area (Å²) in [4.78, 5) is 24.8. The Kier molecular flexibility index (Phi) is 7.19. The first-order valence-electron chi connectivity index (χ1n) is 8.78. The molecule has 8 nitrogen and oxygen atoms in total. The Bertz CT molecular complexity index is 808. The summed E-state index contributed by atoms with van der Waals surface area (Å²) in [5.74, 6) is -1.11. The van der Waals surface area contributed by atoms with Gasteiger partial charge in [-0.3, -0.25) is 15.0 Å². The number of nitrogens with zero attached hydrogens (tertiary/aromatic N) is 2. The van der Waals surface area contributed by atoms with Crippen molar-refractivity contribution in [3.05, 3.63) is 38.9 Å². The fourth-order valence-electron chi connectivity index (χ4n) is 3.25. The third-order valence-electron chi connectivity index (χ3n) is 4.40. The van der Waals surface area contributed by atoms with Crippen LogP contribution in [-0.4, -0.2) is 61.0 Å². The zero-order valence-corrected chi connectivity index (χ0v) is 16.8. The van der Waals surface area contributed by atoms with Crippen LogP contribution in [0.4, 0.5) is 5.69 Å². The van der Waals surface area contributed by atoms with Gasteiger partial charge in [0.15, 0.2) is 9.84 Å². The highest BCUT2D eigenvalue weighted by Crippen LogP contribution is 2.27. The summed E-state index contributed by atoms with van der Waals surface area (Å²) < 4.78 is 29.8. The number of nitro groups is 1. The molecule has 1 aliphatic heterocycles. The highest BCUT2D eigenvalue weighted by molar-refractivity contribution is 7.91. The molecule has 10 heteroatoms. The fraction of sp³-hybridized carbons (Fsp3) is 0.588. The van der Waals surface area contributed by atoms with E-state index in [1.165, 1.54) is 12.1 Å². The van der Waals surface area contributed by atoms with Gasteiger partial charge in [-0.25, -0.2) is 13.2 Å². The predicted molar refractivity (Wildman–Crippen MR) is 102 cm³/mol. The molecule has 150 valence electrons.